The molecule has 14 heavy (non-hydrogen) atoms. The van der Waals surface area contributed by atoms with E-state index in [1.54, 1.807) is 18.2 Å². The minimum absolute atomic E-state index is 0.0827. The summed E-state index contributed by atoms with van der Waals surface area (Å²) in [5.41, 5.74) is 0.720. The molecule has 0 spiro atoms. The summed E-state index contributed by atoms with van der Waals surface area (Å²) in [6, 6.07) is 7.12. The number of carbonyl (C=O) groups excluding carboxylic acids is 1. The van der Waals surface area contributed by atoms with E-state index in [0.29, 0.717) is 5.75 Å². The molecule has 0 saturated carbocycles. The van der Waals surface area contributed by atoms with Gasteiger partial charge >= 0.3 is 0 Å². The van der Waals surface area contributed by atoms with Gasteiger partial charge in [0.05, 0.1) is 7.11 Å². The maximum atomic E-state index is 13.1. The molecule has 1 aromatic rings. The molecule has 1 aromatic carbocycles. The van der Waals surface area contributed by atoms with Crippen LogP contribution in [0.15, 0.2) is 24.3 Å². The molecule has 0 aliphatic carbocycles. The van der Waals surface area contributed by atoms with Crippen molar-refractivity contribution in [2.75, 3.05) is 7.11 Å². The Bertz CT molecular complexity index is 323. The van der Waals surface area contributed by atoms with Gasteiger partial charge in [-0.05, 0) is 18.6 Å². The minimum Gasteiger partial charge on any atom is -0.496 e. The number of benzene rings is 1. The van der Waals surface area contributed by atoms with E-state index in [2.05, 4.69) is 0 Å². The van der Waals surface area contributed by atoms with Crippen molar-refractivity contribution in [3.05, 3.63) is 29.8 Å². The summed E-state index contributed by atoms with van der Waals surface area (Å²) in [7, 11) is 1.53. The fourth-order valence-electron chi connectivity index (χ4n) is 1.21. The second kappa shape index (κ2) is 4.74. The summed E-state index contributed by atoms with van der Waals surface area (Å²) >= 11 is 0. The van der Waals surface area contributed by atoms with Crippen LogP contribution >= 0.6 is 0 Å². The Morgan fingerprint density at radius 3 is 2.71 bits per heavy atom. The SMILES string of the molecule is COc1ccccc1CC(F)C(C)=O. The number of methoxy groups -OCH3 is 1. The van der Waals surface area contributed by atoms with Crippen LogP contribution in [0, 0.1) is 0 Å². The summed E-state index contributed by atoms with van der Waals surface area (Å²) in [6.45, 7) is 1.25. The van der Waals surface area contributed by atoms with Crippen molar-refractivity contribution in [3.8, 4) is 5.75 Å². The molecule has 0 aliphatic heterocycles. The van der Waals surface area contributed by atoms with Crippen LogP contribution in [0.3, 0.4) is 0 Å². The third-order valence-corrected chi connectivity index (χ3v) is 2.03. The molecule has 1 rings (SSSR count). The van der Waals surface area contributed by atoms with Crippen LogP contribution in [-0.4, -0.2) is 19.1 Å². The molecule has 1 atom stereocenters. The van der Waals surface area contributed by atoms with Gasteiger partial charge in [0.2, 0.25) is 0 Å². The van der Waals surface area contributed by atoms with E-state index in [9.17, 15) is 9.18 Å². The maximum absolute atomic E-state index is 13.1. The standard InChI is InChI=1S/C11H13FO2/c1-8(13)10(12)7-9-5-3-4-6-11(9)14-2/h3-6,10H,7H2,1-2H3. The first-order chi connectivity index (χ1) is 6.65. The van der Waals surface area contributed by atoms with Crippen molar-refractivity contribution >= 4 is 5.78 Å². The number of para-hydroxylation sites is 1. The van der Waals surface area contributed by atoms with Gasteiger partial charge < -0.3 is 4.74 Å². The number of ketones is 1. The highest BCUT2D eigenvalue weighted by atomic mass is 19.1. The quantitative estimate of drug-likeness (QED) is 0.737. The molecule has 2 nitrogen and oxygen atoms in total. The van der Waals surface area contributed by atoms with Crippen LogP contribution < -0.4 is 4.74 Å². The average molecular weight is 196 g/mol. The molecule has 0 aromatic heterocycles. The van der Waals surface area contributed by atoms with Crippen LogP contribution in [0.4, 0.5) is 4.39 Å². The van der Waals surface area contributed by atoms with Crippen LogP contribution in [0.5, 0.6) is 5.75 Å². The number of alkyl halides is 1. The molecule has 1 unspecified atom stereocenters. The topological polar surface area (TPSA) is 26.3 Å². The van der Waals surface area contributed by atoms with Crippen molar-refractivity contribution in [1.29, 1.82) is 0 Å². The van der Waals surface area contributed by atoms with E-state index < -0.39 is 12.0 Å². The lowest BCUT2D eigenvalue weighted by Gasteiger charge is -2.09. The van der Waals surface area contributed by atoms with E-state index in [1.165, 1.54) is 14.0 Å². The molecule has 0 saturated heterocycles. The van der Waals surface area contributed by atoms with Crippen LogP contribution in [0.2, 0.25) is 0 Å². The minimum atomic E-state index is -1.44. The van der Waals surface area contributed by atoms with Gasteiger partial charge in [0, 0.05) is 6.42 Å². The number of hydrogen-bond acceptors (Lipinski definition) is 2. The van der Waals surface area contributed by atoms with E-state index in [4.69, 9.17) is 4.74 Å². The second-order valence-corrected chi connectivity index (χ2v) is 3.09. The molecule has 0 heterocycles. The van der Waals surface area contributed by atoms with Crippen LogP contribution in [0.1, 0.15) is 12.5 Å². The summed E-state index contributed by atoms with van der Waals surface area (Å²) < 4.78 is 18.2. The summed E-state index contributed by atoms with van der Waals surface area (Å²) in [4.78, 5) is 10.7. The fourth-order valence-corrected chi connectivity index (χ4v) is 1.21. The molecule has 0 radical (unpaired) electrons. The van der Waals surface area contributed by atoms with Crippen molar-refractivity contribution in [3.63, 3.8) is 0 Å². The highest BCUT2D eigenvalue weighted by Crippen LogP contribution is 2.19. The van der Waals surface area contributed by atoms with Gasteiger partial charge in [-0.1, -0.05) is 18.2 Å². The van der Waals surface area contributed by atoms with E-state index in [1.807, 2.05) is 6.07 Å². The summed E-state index contributed by atoms with van der Waals surface area (Å²) in [6.07, 6.45) is -1.36. The Kier molecular flexibility index (Phi) is 3.63. The maximum Gasteiger partial charge on any atom is 0.164 e. The number of carbonyl (C=O) groups is 1. The molecule has 76 valence electrons. The largest absolute Gasteiger partial charge is 0.496 e. The smallest absolute Gasteiger partial charge is 0.164 e. The van der Waals surface area contributed by atoms with Crippen molar-refractivity contribution in [1.82, 2.24) is 0 Å². The number of Topliss-reactive ketones (excluding diaryl/α,β-unsaturated/α-hetero) is 1. The summed E-state index contributed by atoms with van der Waals surface area (Å²) in [5, 5.41) is 0. The normalized spacial score (nSPS) is 12.2. The van der Waals surface area contributed by atoms with Gasteiger partial charge in [0.25, 0.3) is 0 Å². The molecule has 0 bridgehead atoms. The Morgan fingerprint density at radius 1 is 1.50 bits per heavy atom. The lowest BCUT2D eigenvalue weighted by atomic mass is 10.1. The van der Waals surface area contributed by atoms with Crippen molar-refractivity contribution < 1.29 is 13.9 Å². The number of rotatable bonds is 4. The van der Waals surface area contributed by atoms with E-state index in [0.717, 1.165) is 5.56 Å². The molecule has 0 amide bonds. The Labute approximate surface area is 82.7 Å². The second-order valence-electron chi connectivity index (χ2n) is 3.09. The highest BCUT2D eigenvalue weighted by Gasteiger charge is 2.14. The van der Waals surface area contributed by atoms with Crippen LogP contribution in [0.25, 0.3) is 0 Å². The lowest BCUT2D eigenvalue weighted by molar-refractivity contribution is -0.121. The Hall–Kier alpha value is -1.38. The van der Waals surface area contributed by atoms with Gasteiger partial charge in [-0.2, -0.15) is 0 Å². The third-order valence-electron chi connectivity index (χ3n) is 2.03. The predicted octanol–water partition coefficient (Wildman–Crippen LogP) is 2.16. The van der Waals surface area contributed by atoms with Gasteiger partial charge in [0.1, 0.15) is 5.75 Å². The van der Waals surface area contributed by atoms with Crippen LogP contribution in [-0.2, 0) is 11.2 Å². The number of hydrogen-bond donors (Lipinski definition) is 0. The monoisotopic (exact) mass is 196 g/mol. The molecular weight excluding hydrogens is 183 g/mol. The zero-order valence-electron chi connectivity index (χ0n) is 8.29. The van der Waals surface area contributed by atoms with E-state index >= 15 is 0 Å². The highest BCUT2D eigenvalue weighted by molar-refractivity contribution is 5.80. The van der Waals surface area contributed by atoms with E-state index in [-0.39, 0.29) is 6.42 Å². The molecule has 0 N–H and O–H groups in total. The van der Waals surface area contributed by atoms with Gasteiger partial charge in [-0.15, -0.1) is 0 Å². The van der Waals surface area contributed by atoms with Gasteiger partial charge in [0.15, 0.2) is 12.0 Å². The third kappa shape index (κ3) is 2.55. The molecule has 0 aliphatic rings. The average Bonchev–Trinajstić information content (AvgIpc) is 2.18. The first kappa shape index (κ1) is 10.7. The zero-order chi connectivity index (χ0) is 10.6. The molecule has 3 heteroatoms. The zero-order valence-corrected chi connectivity index (χ0v) is 8.29. The first-order valence-electron chi connectivity index (χ1n) is 4.41. The van der Waals surface area contributed by atoms with Crippen molar-refractivity contribution in [2.24, 2.45) is 0 Å². The fraction of sp³-hybridized carbons (Fsp3) is 0.364. The predicted molar refractivity (Wildman–Crippen MR) is 52.3 cm³/mol. The lowest BCUT2D eigenvalue weighted by Crippen LogP contribution is -2.14. The molecular formula is C11H13FO2. The van der Waals surface area contributed by atoms with Gasteiger partial charge in [-0.25, -0.2) is 4.39 Å². The van der Waals surface area contributed by atoms with Crippen molar-refractivity contribution in [2.45, 2.75) is 19.5 Å². The Balaban J connectivity index is 2.80. The Morgan fingerprint density at radius 2 is 2.14 bits per heavy atom. The number of ether oxygens (including phenoxy) is 1. The molecule has 0 fully saturated rings. The number of halogens is 1. The summed E-state index contributed by atoms with van der Waals surface area (Å²) in [5.74, 6) is 0.173. The first-order valence-corrected chi connectivity index (χ1v) is 4.41. The van der Waals surface area contributed by atoms with Gasteiger partial charge in [-0.3, -0.25) is 4.79 Å².